The maximum Gasteiger partial charge on any atom is 0.258 e. The van der Waals surface area contributed by atoms with Crippen molar-refractivity contribution < 1.29 is 18.3 Å². The molecule has 0 radical (unpaired) electrons. The van der Waals surface area contributed by atoms with Crippen molar-refractivity contribution in [2.75, 3.05) is 5.73 Å². The highest BCUT2D eigenvalue weighted by Gasteiger charge is 2.15. The molecule has 4 N–H and O–H groups in total. The molecule has 9 heteroatoms. The number of anilines is 1. The van der Waals surface area contributed by atoms with E-state index in [0.717, 1.165) is 12.1 Å². The summed E-state index contributed by atoms with van der Waals surface area (Å²) in [6.45, 7) is -0.397. The number of halogens is 3. The molecule has 3 rings (SSSR count). The van der Waals surface area contributed by atoms with Crippen molar-refractivity contribution in [2.45, 2.75) is 6.61 Å². The lowest BCUT2D eigenvalue weighted by atomic mass is 10.1. The van der Waals surface area contributed by atoms with Crippen LogP contribution in [0.4, 0.5) is 14.6 Å². The summed E-state index contributed by atoms with van der Waals surface area (Å²) in [4.78, 5) is 19.5. The average Bonchev–Trinajstić information content (AvgIpc) is 2.66. The molecule has 138 valence electrons. The van der Waals surface area contributed by atoms with E-state index in [2.05, 4.69) is 9.97 Å². The summed E-state index contributed by atoms with van der Waals surface area (Å²) in [5.41, 5.74) is 12.0. The summed E-state index contributed by atoms with van der Waals surface area (Å²) >= 11 is 5.77. The Morgan fingerprint density at radius 3 is 2.67 bits per heavy atom. The summed E-state index contributed by atoms with van der Waals surface area (Å²) in [5, 5.41) is -0.383. The third-order valence-electron chi connectivity index (χ3n) is 3.70. The molecule has 0 atom stereocenters. The molecule has 1 amide bonds. The van der Waals surface area contributed by atoms with Crippen molar-refractivity contribution in [1.29, 1.82) is 0 Å². The lowest BCUT2D eigenvalue weighted by Crippen LogP contribution is -2.10. The van der Waals surface area contributed by atoms with Crippen LogP contribution in [0.15, 0.2) is 42.6 Å². The topological polar surface area (TPSA) is 104 Å². The zero-order valence-electron chi connectivity index (χ0n) is 13.7. The van der Waals surface area contributed by atoms with Crippen LogP contribution in [0.5, 0.6) is 5.88 Å². The number of amides is 1. The molecule has 0 fully saturated rings. The van der Waals surface area contributed by atoms with Crippen molar-refractivity contribution in [3.63, 3.8) is 0 Å². The van der Waals surface area contributed by atoms with Crippen LogP contribution >= 0.6 is 11.6 Å². The molecule has 0 aliphatic carbocycles. The second-order valence-electron chi connectivity index (χ2n) is 5.50. The maximum absolute atomic E-state index is 13.9. The number of carbonyl (C=O) groups is 1. The Balaban J connectivity index is 1.90. The van der Waals surface area contributed by atoms with Gasteiger partial charge in [-0.3, -0.25) is 4.79 Å². The van der Waals surface area contributed by atoms with E-state index in [4.69, 9.17) is 27.8 Å². The summed E-state index contributed by atoms with van der Waals surface area (Å²) in [5.74, 6) is -2.21. The first-order valence-corrected chi connectivity index (χ1v) is 8.02. The van der Waals surface area contributed by atoms with Gasteiger partial charge in [-0.1, -0.05) is 23.7 Å². The highest BCUT2D eigenvalue weighted by Crippen LogP contribution is 2.27. The number of aromatic nitrogens is 2. The number of primary amides is 1. The third-order valence-corrected chi connectivity index (χ3v) is 4.11. The zero-order valence-corrected chi connectivity index (χ0v) is 14.5. The molecule has 27 heavy (non-hydrogen) atoms. The fourth-order valence-corrected chi connectivity index (χ4v) is 2.51. The predicted molar refractivity (Wildman–Crippen MR) is 96.1 cm³/mol. The minimum atomic E-state index is -0.771. The van der Waals surface area contributed by atoms with Crippen molar-refractivity contribution in [3.8, 4) is 17.1 Å². The third kappa shape index (κ3) is 3.95. The van der Waals surface area contributed by atoms with Gasteiger partial charge in [0.05, 0.1) is 16.9 Å². The van der Waals surface area contributed by atoms with Gasteiger partial charge in [0.15, 0.2) is 5.82 Å². The van der Waals surface area contributed by atoms with Crippen LogP contribution < -0.4 is 16.2 Å². The Morgan fingerprint density at radius 2 is 1.93 bits per heavy atom. The summed E-state index contributed by atoms with van der Waals surface area (Å²) < 4.78 is 32.8. The summed E-state index contributed by atoms with van der Waals surface area (Å²) in [6, 6.07) is 8.29. The van der Waals surface area contributed by atoms with Crippen LogP contribution in [0.3, 0.4) is 0 Å². The van der Waals surface area contributed by atoms with E-state index in [-0.39, 0.29) is 22.3 Å². The number of hydrogen-bond donors (Lipinski definition) is 2. The molecule has 0 spiro atoms. The number of nitrogens with zero attached hydrogens (tertiary/aromatic N) is 2. The summed E-state index contributed by atoms with van der Waals surface area (Å²) in [7, 11) is 0. The first kappa shape index (κ1) is 18.5. The van der Waals surface area contributed by atoms with Crippen LogP contribution in [-0.2, 0) is 6.61 Å². The van der Waals surface area contributed by atoms with E-state index in [1.54, 1.807) is 18.2 Å². The maximum atomic E-state index is 13.9. The minimum Gasteiger partial charge on any atom is -0.470 e. The van der Waals surface area contributed by atoms with Gasteiger partial charge in [-0.05, 0) is 24.3 Å². The number of nitrogens with two attached hydrogens (primary N) is 2. The first-order chi connectivity index (χ1) is 12.9. The normalized spacial score (nSPS) is 10.6. The van der Waals surface area contributed by atoms with Crippen LogP contribution in [0, 0.1) is 11.6 Å². The number of nitrogen functional groups attached to an aromatic ring is 1. The molecule has 1 aromatic heterocycles. The lowest BCUT2D eigenvalue weighted by Gasteiger charge is -2.11. The number of ether oxygens (including phenoxy) is 1. The van der Waals surface area contributed by atoms with Gasteiger partial charge >= 0.3 is 0 Å². The molecule has 0 unspecified atom stereocenters. The van der Waals surface area contributed by atoms with Crippen molar-refractivity contribution in [2.24, 2.45) is 5.73 Å². The second kappa shape index (κ2) is 7.55. The second-order valence-corrected chi connectivity index (χ2v) is 5.88. The van der Waals surface area contributed by atoms with Crippen LogP contribution in [0.25, 0.3) is 11.3 Å². The zero-order chi connectivity index (χ0) is 19.6. The van der Waals surface area contributed by atoms with Gasteiger partial charge in [0.1, 0.15) is 18.2 Å². The molecule has 2 aromatic carbocycles. The van der Waals surface area contributed by atoms with Crippen LogP contribution in [0.2, 0.25) is 5.02 Å². The van der Waals surface area contributed by atoms with E-state index in [1.165, 1.54) is 12.3 Å². The molecule has 0 saturated heterocycles. The molecular formula is C18H13ClF2N4O2. The van der Waals surface area contributed by atoms with Crippen LogP contribution in [0.1, 0.15) is 15.9 Å². The summed E-state index contributed by atoms with van der Waals surface area (Å²) in [6.07, 6.45) is 1.39. The Labute approximate surface area is 157 Å². The van der Waals surface area contributed by atoms with Crippen molar-refractivity contribution in [3.05, 3.63) is 70.4 Å². The monoisotopic (exact) mass is 390 g/mol. The first-order valence-electron chi connectivity index (χ1n) is 7.64. The van der Waals surface area contributed by atoms with Gasteiger partial charge in [-0.15, -0.1) is 0 Å². The Morgan fingerprint density at radius 1 is 1.19 bits per heavy atom. The molecular weight excluding hydrogens is 378 g/mol. The van der Waals surface area contributed by atoms with E-state index in [1.807, 2.05) is 0 Å². The number of hydrogen-bond acceptors (Lipinski definition) is 5. The lowest BCUT2D eigenvalue weighted by molar-refractivity contribution is 0.100. The van der Waals surface area contributed by atoms with Gasteiger partial charge in [0.2, 0.25) is 5.91 Å². The molecule has 0 bridgehead atoms. The largest absolute Gasteiger partial charge is 0.470 e. The minimum absolute atomic E-state index is 0.0438. The van der Waals surface area contributed by atoms with Crippen LogP contribution in [-0.4, -0.2) is 15.9 Å². The number of rotatable bonds is 5. The smallest absolute Gasteiger partial charge is 0.258 e. The SMILES string of the molecule is NC(=O)c1cccc(-c2cnc(N)c(OCc3c(F)ccc(F)c3Cl)n2)c1. The van der Waals surface area contributed by atoms with Crippen molar-refractivity contribution >= 4 is 23.3 Å². The molecule has 3 aromatic rings. The standard InChI is InChI=1S/C18H13ClF2N4O2/c19-15-11(12(20)4-5-13(15)21)8-27-18-16(22)24-7-14(25-18)9-2-1-3-10(6-9)17(23)26/h1-7H,8H2,(H2,22,24)(H2,23,26). The molecule has 0 aliphatic rings. The quantitative estimate of drug-likeness (QED) is 0.650. The van der Waals surface area contributed by atoms with Gasteiger partial charge in [0.25, 0.3) is 5.88 Å². The fourth-order valence-electron chi connectivity index (χ4n) is 2.30. The Kier molecular flexibility index (Phi) is 5.18. The molecule has 0 aliphatic heterocycles. The Bertz CT molecular complexity index is 1030. The van der Waals surface area contributed by atoms with E-state index >= 15 is 0 Å². The van der Waals surface area contributed by atoms with E-state index < -0.39 is 24.1 Å². The number of carbonyl (C=O) groups excluding carboxylic acids is 1. The highest BCUT2D eigenvalue weighted by molar-refractivity contribution is 6.31. The van der Waals surface area contributed by atoms with Gasteiger partial charge in [0, 0.05) is 16.7 Å². The number of benzene rings is 2. The van der Waals surface area contributed by atoms with Gasteiger partial charge in [-0.25, -0.2) is 18.7 Å². The van der Waals surface area contributed by atoms with E-state index in [0.29, 0.717) is 16.8 Å². The fraction of sp³-hybridized carbons (Fsp3) is 0.0556. The Hall–Kier alpha value is -3.26. The van der Waals surface area contributed by atoms with E-state index in [9.17, 15) is 13.6 Å². The van der Waals surface area contributed by atoms with Crippen molar-refractivity contribution in [1.82, 2.24) is 9.97 Å². The predicted octanol–water partition coefficient (Wildman–Crippen LogP) is 3.34. The van der Waals surface area contributed by atoms with Gasteiger partial charge < -0.3 is 16.2 Å². The highest BCUT2D eigenvalue weighted by atomic mass is 35.5. The molecule has 0 saturated carbocycles. The van der Waals surface area contributed by atoms with Gasteiger partial charge in [-0.2, -0.15) is 0 Å². The molecule has 1 heterocycles. The average molecular weight is 391 g/mol. The molecule has 6 nitrogen and oxygen atoms in total.